The fourth-order valence-corrected chi connectivity index (χ4v) is 6.19. The molecule has 2 aliphatic rings. The molecule has 0 saturated carbocycles. The van der Waals surface area contributed by atoms with Crippen LogP contribution in [-0.2, 0) is 27.8 Å². The highest BCUT2D eigenvalue weighted by Gasteiger charge is 2.42. The van der Waals surface area contributed by atoms with Gasteiger partial charge < -0.3 is 9.84 Å². The van der Waals surface area contributed by atoms with Gasteiger partial charge in [-0.05, 0) is 39.3 Å². The second-order valence-corrected chi connectivity index (χ2v) is 11.5. The van der Waals surface area contributed by atoms with Crippen LogP contribution in [0.15, 0.2) is 30.5 Å². The summed E-state index contributed by atoms with van der Waals surface area (Å²) in [7, 11) is -3.71. The molecule has 0 spiro atoms. The summed E-state index contributed by atoms with van der Waals surface area (Å²) in [6, 6.07) is 6.29. The third-order valence-corrected chi connectivity index (χ3v) is 7.72. The summed E-state index contributed by atoms with van der Waals surface area (Å²) >= 11 is 0. The molecule has 2 atom stereocenters. The maximum Gasteiger partial charge on any atom is 0.410 e. The molecule has 10 nitrogen and oxygen atoms in total. The van der Waals surface area contributed by atoms with E-state index in [9.17, 15) is 23.1 Å². The van der Waals surface area contributed by atoms with Crippen molar-refractivity contribution in [2.75, 3.05) is 16.6 Å². The van der Waals surface area contributed by atoms with Crippen molar-refractivity contribution < 1.29 is 27.9 Å². The van der Waals surface area contributed by atoms with E-state index in [1.165, 1.54) is 16.6 Å². The van der Waals surface area contributed by atoms with Gasteiger partial charge >= 0.3 is 12.1 Å². The van der Waals surface area contributed by atoms with Crippen molar-refractivity contribution in [2.24, 2.45) is 0 Å². The Balaban J connectivity index is 1.64. The molecule has 11 heteroatoms. The average molecular weight is 477 g/mol. The lowest BCUT2D eigenvalue weighted by Crippen LogP contribution is -2.47. The van der Waals surface area contributed by atoms with Crippen LogP contribution in [0.25, 0.3) is 0 Å². The maximum absolute atomic E-state index is 13.1. The molecular weight excluding hydrogens is 448 g/mol. The third kappa shape index (κ3) is 4.41. The number of aromatic nitrogens is 2. The van der Waals surface area contributed by atoms with Gasteiger partial charge in [-0.3, -0.25) is 13.9 Å². The van der Waals surface area contributed by atoms with Gasteiger partial charge in [0.2, 0.25) is 10.0 Å². The van der Waals surface area contributed by atoms with Crippen LogP contribution in [0.1, 0.15) is 55.2 Å². The van der Waals surface area contributed by atoms with Crippen molar-refractivity contribution in [1.82, 2.24) is 14.7 Å². The number of hydrogen-bond acceptors (Lipinski definition) is 6. The molecule has 2 aromatic rings. The largest absolute Gasteiger partial charge is 0.478 e. The molecule has 1 aromatic carbocycles. The molecule has 0 radical (unpaired) electrons. The Morgan fingerprint density at radius 1 is 1.18 bits per heavy atom. The number of rotatable bonds is 3. The number of nitrogens with zero attached hydrogens (tertiary/aromatic N) is 4. The van der Waals surface area contributed by atoms with Crippen LogP contribution in [0.2, 0.25) is 0 Å². The Kier molecular flexibility index (Phi) is 5.63. The fraction of sp³-hybridized carbons (Fsp3) is 0.500. The number of carbonyl (C=O) groups is 2. The zero-order valence-electron chi connectivity index (χ0n) is 19.1. The molecule has 3 heterocycles. The first kappa shape index (κ1) is 23.1. The van der Waals surface area contributed by atoms with Crippen LogP contribution in [-0.4, -0.2) is 64.2 Å². The number of carboxylic acids is 1. The molecule has 1 amide bonds. The van der Waals surface area contributed by atoms with E-state index in [0.717, 1.165) is 0 Å². The number of hydrogen-bond donors (Lipinski definition) is 1. The molecule has 0 bridgehead atoms. The highest BCUT2D eigenvalue weighted by molar-refractivity contribution is 7.93. The normalized spacial score (nSPS) is 22.2. The minimum Gasteiger partial charge on any atom is -0.478 e. The Morgan fingerprint density at radius 3 is 2.55 bits per heavy atom. The summed E-state index contributed by atoms with van der Waals surface area (Å²) in [6.45, 7) is 7.94. The summed E-state index contributed by atoms with van der Waals surface area (Å²) in [6.07, 6.45) is 1.04. The summed E-state index contributed by atoms with van der Waals surface area (Å²) < 4.78 is 34.8. The number of benzene rings is 1. The minimum atomic E-state index is -3.71. The number of fused-ring (bicyclic) bond motifs is 1. The first-order valence-corrected chi connectivity index (χ1v) is 12.4. The van der Waals surface area contributed by atoms with Crippen molar-refractivity contribution in [3.8, 4) is 0 Å². The van der Waals surface area contributed by atoms with Crippen LogP contribution in [0.4, 0.5) is 10.5 Å². The molecule has 2 aliphatic heterocycles. The number of ether oxygens (including phenoxy) is 1. The maximum atomic E-state index is 13.1. The van der Waals surface area contributed by atoms with Crippen LogP contribution < -0.4 is 4.31 Å². The topological polar surface area (TPSA) is 122 Å². The highest BCUT2D eigenvalue weighted by Crippen LogP contribution is 2.37. The van der Waals surface area contributed by atoms with Gasteiger partial charge in [-0.25, -0.2) is 18.0 Å². The summed E-state index contributed by atoms with van der Waals surface area (Å²) in [5.41, 5.74) is 0.948. The predicted molar refractivity (Wildman–Crippen MR) is 121 cm³/mol. The Hall–Kier alpha value is -3.08. The number of sulfonamides is 1. The van der Waals surface area contributed by atoms with E-state index in [4.69, 9.17) is 4.74 Å². The summed E-state index contributed by atoms with van der Waals surface area (Å²) in [5, 5.41) is 13.9. The average Bonchev–Trinajstić information content (AvgIpc) is 3.24. The standard InChI is InChI=1S/C22H28N4O6S/c1-14-10-25-19(12-24(14)21(29)32-22(2,3)4)18(9-23-25)26-11-15(13-33(26,30)31)16-7-5-6-8-17(16)20(27)28/h5-9,14-15H,10-13H2,1-4H3,(H,27,28)/t14-,15?/m0/s1. The lowest BCUT2D eigenvalue weighted by atomic mass is 9.95. The van der Waals surface area contributed by atoms with Gasteiger partial charge in [-0.1, -0.05) is 18.2 Å². The van der Waals surface area contributed by atoms with Gasteiger partial charge in [-0.15, -0.1) is 0 Å². The number of carboxylic acid groups (broad SMARTS) is 1. The Labute approximate surface area is 192 Å². The predicted octanol–water partition coefficient (Wildman–Crippen LogP) is 2.65. The molecule has 0 aliphatic carbocycles. The van der Waals surface area contributed by atoms with E-state index in [2.05, 4.69) is 5.10 Å². The van der Waals surface area contributed by atoms with Gasteiger partial charge in [0.25, 0.3) is 0 Å². The molecule has 1 unspecified atom stereocenters. The second-order valence-electron chi connectivity index (χ2n) is 9.51. The third-order valence-electron chi connectivity index (χ3n) is 5.88. The van der Waals surface area contributed by atoms with Crippen molar-refractivity contribution in [1.29, 1.82) is 0 Å². The molecule has 33 heavy (non-hydrogen) atoms. The zero-order valence-corrected chi connectivity index (χ0v) is 19.9. The molecule has 1 N–H and O–H groups in total. The smallest absolute Gasteiger partial charge is 0.410 e. The number of amides is 1. The summed E-state index contributed by atoms with van der Waals surface area (Å²) in [4.78, 5) is 26.0. The van der Waals surface area contributed by atoms with Crippen LogP contribution in [0.3, 0.4) is 0 Å². The van der Waals surface area contributed by atoms with Gasteiger partial charge in [0.1, 0.15) is 5.60 Å². The van der Waals surface area contributed by atoms with Gasteiger partial charge in [0.05, 0.1) is 48.0 Å². The number of anilines is 1. The first-order valence-electron chi connectivity index (χ1n) is 10.7. The minimum absolute atomic E-state index is 0.0986. The van der Waals surface area contributed by atoms with Gasteiger partial charge in [0, 0.05) is 12.5 Å². The lowest BCUT2D eigenvalue weighted by molar-refractivity contribution is 0.00912. The molecule has 1 aromatic heterocycles. The molecule has 4 rings (SSSR count). The molecule has 1 fully saturated rings. The van der Waals surface area contributed by atoms with Gasteiger partial charge in [0.15, 0.2) is 0 Å². The second kappa shape index (κ2) is 8.05. The van der Waals surface area contributed by atoms with E-state index in [1.807, 2.05) is 6.92 Å². The van der Waals surface area contributed by atoms with E-state index >= 15 is 0 Å². The van der Waals surface area contributed by atoms with Crippen LogP contribution in [0.5, 0.6) is 0 Å². The first-order chi connectivity index (χ1) is 15.4. The molecule has 178 valence electrons. The quantitative estimate of drug-likeness (QED) is 0.723. The van der Waals surface area contributed by atoms with E-state index in [-0.39, 0.29) is 30.4 Å². The van der Waals surface area contributed by atoms with Crippen molar-refractivity contribution in [2.45, 2.75) is 58.3 Å². The van der Waals surface area contributed by atoms with Crippen molar-refractivity contribution in [3.63, 3.8) is 0 Å². The summed E-state index contributed by atoms with van der Waals surface area (Å²) in [5.74, 6) is -1.79. The number of carbonyl (C=O) groups excluding carboxylic acids is 1. The Bertz CT molecular complexity index is 1200. The van der Waals surface area contributed by atoms with Crippen molar-refractivity contribution in [3.05, 3.63) is 47.3 Å². The Morgan fingerprint density at radius 2 is 1.88 bits per heavy atom. The lowest BCUT2D eigenvalue weighted by Gasteiger charge is -2.36. The number of aromatic carboxylic acids is 1. The molecular formula is C22H28N4O6S. The fourth-order valence-electron chi connectivity index (χ4n) is 4.35. The van der Waals surface area contributed by atoms with E-state index < -0.39 is 33.6 Å². The van der Waals surface area contributed by atoms with E-state index in [1.54, 1.807) is 48.6 Å². The van der Waals surface area contributed by atoms with Gasteiger partial charge in [-0.2, -0.15) is 5.10 Å². The SMILES string of the molecule is C[C@H]1Cn2ncc(N3CC(c4ccccc4C(=O)O)CS3(=O)=O)c2CN1C(=O)OC(C)(C)C. The monoisotopic (exact) mass is 476 g/mol. The van der Waals surface area contributed by atoms with Crippen LogP contribution in [0, 0.1) is 0 Å². The van der Waals surface area contributed by atoms with E-state index in [0.29, 0.717) is 23.5 Å². The molecule has 1 saturated heterocycles. The van der Waals surface area contributed by atoms with Crippen molar-refractivity contribution >= 4 is 27.8 Å². The zero-order chi connectivity index (χ0) is 24.1. The van der Waals surface area contributed by atoms with Crippen LogP contribution >= 0.6 is 0 Å². The highest BCUT2D eigenvalue weighted by atomic mass is 32.2.